The van der Waals surface area contributed by atoms with E-state index in [4.69, 9.17) is 0 Å². The molecule has 0 bridgehead atoms. The van der Waals surface area contributed by atoms with Crippen LogP contribution >= 0.6 is 0 Å². The van der Waals surface area contributed by atoms with Crippen molar-refractivity contribution in [2.45, 2.75) is 33.7 Å². The molecule has 0 aliphatic rings. The Morgan fingerprint density at radius 3 is 2.70 bits per heavy atom. The molecule has 108 valence electrons. The van der Waals surface area contributed by atoms with Gasteiger partial charge in [-0.25, -0.2) is 4.68 Å². The van der Waals surface area contributed by atoms with Crippen LogP contribution in [0.4, 0.5) is 0 Å². The minimum absolute atomic E-state index is 0.0132. The van der Waals surface area contributed by atoms with Gasteiger partial charge in [-0.05, 0) is 24.4 Å². The van der Waals surface area contributed by atoms with Crippen molar-refractivity contribution in [2.24, 2.45) is 5.41 Å². The first-order chi connectivity index (χ1) is 9.47. The predicted octanol–water partition coefficient (Wildman–Crippen LogP) is 2.42. The summed E-state index contributed by atoms with van der Waals surface area (Å²) in [7, 11) is 0. The maximum atomic E-state index is 12.2. The number of fused-ring (bicyclic) bond motifs is 1. The molecule has 4 nitrogen and oxygen atoms in total. The van der Waals surface area contributed by atoms with E-state index in [1.165, 1.54) is 4.68 Å². The third-order valence-corrected chi connectivity index (χ3v) is 3.31. The van der Waals surface area contributed by atoms with Gasteiger partial charge in [0, 0.05) is 11.9 Å². The molecule has 0 saturated heterocycles. The lowest BCUT2D eigenvalue weighted by Crippen LogP contribution is -2.30. The minimum Gasteiger partial charge on any atom is -0.315 e. The van der Waals surface area contributed by atoms with Crippen LogP contribution < -0.4 is 10.9 Å². The standard InChI is InChI=1S/C16H23N3O/c1-16(2,3)8-9-17-10-11-19-15(20)14-7-5-4-6-13(14)12-18-19/h4-7,12,17H,8-11H2,1-3H3. The van der Waals surface area contributed by atoms with Crippen molar-refractivity contribution in [1.29, 1.82) is 0 Å². The van der Waals surface area contributed by atoms with Gasteiger partial charge in [0.2, 0.25) is 0 Å². The van der Waals surface area contributed by atoms with Gasteiger partial charge in [-0.2, -0.15) is 5.10 Å². The topological polar surface area (TPSA) is 46.9 Å². The average Bonchev–Trinajstić information content (AvgIpc) is 2.40. The summed E-state index contributed by atoms with van der Waals surface area (Å²) in [5.74, 6) is 0. The minimum atomic E-state index is -0.0132. The number of aromatic nitrogens is 2. The molecule has 1 aromatic heterocycles. The Morgan fingerprint density at radius 2 is 1.95 bits per heavy atom. The van der Waals surface area contributed by atoms with Gasteiger partial charge in [0.05, 0.1) is 18.1 Å². The summed E-state index contributed by atoms with van der Waals surface area (Å²) in [5.41, 5.74) is 0.325. The van der Waals surface area contributed by atoms with Crippen molar-refractivity contribution in [2.75, 3.05) is 13.1 Å². The van der Waals surface area contributed by atoms with Crippen molar-refractivity contribution in [3.63, 3.8) is 0 Å². The second-order valence-corrected chi connectivity index (χ2v) is 6.32. The monoisotopic (exact) mass is 273 g/mol. The molecule has 20 heavy (non-hydrogen) atoms. The SMILES string of the molecule is CC(C)(C)CCNCCn1ncc2ccccc2c1=O. The highest BCUT2D eigenvalue weighted by Gasteiger charge is 2.08. The Balaban J connectivity index is 1.94. The second kappa shape index (κ2) is 6.18. The Kier molecular flexibility index (Phi) is 4.55. The summed E-state index contributed by atoms with van der Waals surface area (Å²) < 4.78 is 1.53. The van der Waals surface area contributed by atoms with Gasteiger partial charge < -0.3 is 5.32 Å². The van der Waals surface area contributed by atoms with Gasteiger partial charge in [0.1, 0.15) is 0 Å². The summed E-state index contributed by atoms with van der Waals surface area (Å²) in [6.07, 6.45) is 2.87. The Hall–Kier alpha value is -1.68. The van der Waals surface area contributed by atoms with Crippen LogP contribution in [0.1, 0.15) is 27.2 Å². The molecule has 4 heteroatoms. The van der Waals surface area contributed by atoms with Crippen LogP contribution in [0.3, 0.4) is 0 Å². The first-order valence-electron chi connectivity index (χ1n) is 7.13. The normalized spacial score (nSPS) is 11.9. The molecular weight excluding hydrogens is 250 g/mol. The molecule has 0 spiro atoms. The van der Waals surface area contributed by atoms with Crippen molar-refractivity contribution in [1.82, 2.24) is 15.1 Å². The molecule has 0 saturated carbocycles. The Labute approximate surface area is 119 Å². The zero-order valence-electron chi connectivity index (χ0n) is 12.5. The molecule has 1 N–H and O–H groups in total. The molecule has 0 aliphatic carbocycles. The van der Waals surface area contributed by atoms with E-state index in [1.54, 1.807) is 6.20 Å². The Morgan fingerprint density at radius 1 is 1.20 bits per heavy atom. The highest BCUT2D eigenvalue weighted by atomic mass is 16.1. The molecule has 0 amide bonds. The maximum Gasteiger partial charge on any atom is 0.274 e. The number of rotatable bonds is 5. The number of hydrogen-bond donors (Lipinski definition) is 1. The van der Waals surface area contributed by atoms with Crippen LogP contribution in [0.25, 0.3) is 10.8 Å². The molecule has 1 aromatic carbocycles. The van der Waals surface area contributed by atoms with E-state index in [-0.39, 0.29) is 5.56 Å². The first kappa shape index (κ1) is 14.7. The fourth-order valence-electron chi connectivity index (χ4n) is 2.06. The largest absolute Gasteiger partial charge is 0.315 e. The smallest absolute Gasteiger partial charge is 0.274 e. The summed E-state index contributed by atoms with van der Waals surface area (Å²) in [5, 5.41) is 9.21. The molecule has 1 heterocycles. The van der Waals surface area contributed by atoms with Crippen LogP contribution in [-0.2, 0) is 6.54 Å². The lowest BCUT2D eigenvalue weighted by molar-refractivity contribution is 0.364. The van der Waals surface area contributed by atoms with Gasteiger partial charge in [-0.1, -0.05) is 39.0 Å². The van der Waals surface area contributed by atoms with E-state index < -0.39 is 0 Å². The van der Waals surface area contributed by atoms with E-state index in [0.717, 1.165) is 30.3 Å². The van der Waals surface area contributed by atoms with Crippen LogP contribution in [0, 0.1) is 5.41 Å². The Bertz CT molecular complexity index is 625. The molecule has 2 rings (SSSR count). The summed E-state index contributed by atoms with van der Waals surface area (Å²) in [6, 6.07) is 7.57. The quantitative estimate of drug-likeness (QED) is 0.851. The van der Waals surface area contributed by atoms with Gasteiger partial charge in [0.25, 0.3) is 5.56 Å². The lowest BCUT2D eigenvalue weighted by atomic mass is 9.92. The fraction of sp³-hybridized carbons (Fsp3) is 0.500. The van der Waals surface area contributed by atoms with E-state index in [1.807, 2.05) is 24.3 Å². The molecule has 0 radical (unpaired) electrons. The zero-order chi connectivity index (χ0) is 14.6. The molecular formula is C16H23N3O. The number of hydrogen-bond acceptors (Lipinski definition) is 3. The second-order valence-electron chi connectivity index (χ2n) is 6.32. The van der Waals surface area contributed by atoms with Crippen LogP contribution in [0.15, 0.2) is 35.3 Å². The fourth-order valence-corrected chi connectivity index (χ4v) is 2.06. The summed E-state index contributed by atoms with van der Waals surface area (Å²) in [6.45, 7) is 9.01. The number of nitrogens with one attached hydrogen (secondary N) is 1. The van der Waals surface area contributed by atoms with Gasteiger partial charge >= 0.3 is 0 Å². The molecule has 2 aromatic rings. The highest BCUT2D eigenvalue weighted by Crippen LogP contribution is 2.16. The van der Waals surface area contributed by atoms with Gasteiger partial charge in [-0.3, -0.25) is 4.79 Å². The highest BCUT2D eigenvalue weighted by molar-refractivity contribution is 5.80. The third-order valence-electron chi connectivity index (χ3n) is 3.31. The third kappa shape index (κ3) is 3.90. The van der Waals surface area contributed by atoms with E-state index in [0.29, 0.717) is 12.0 Å². The predicted molar refractivity (Wildman–Crippen MR) is 82.9 cm³/mol. The van der Waals surface area contributed by atoms with Gasteiger partial charge in [0.15, 0.2) is 0 Å². The summed E-state index contributed by atoms with van der Waals surface area (Å²) >= 11 is 0. The van der Waals surface area contributed by atoms with Crippen molar-refractivity contribution < 1.29 is 0 Å². The van der Waals surface area contributed by atoms with Crippen LogP contribution in [-0.4, -0.2) is 22.9 Å². The molecule has 0 unspecified atom stereocenters. The molecule has 0 fully saturated rings. The van der Waals surface area contributed by atoms with E-state index in [9.17, 15) is 4.79 Å². The number of benzene rings is 1. The van der Waals surface area contributed by atoms with Gasteiger partial charge in [-0.15, -0.1) is 0 Å². The van der Waals surface area contributed by atoms with Crippen molar-refractivity contribution in [3.8, 4) is 0 Å². The molecule has 0 atom stereocenters. The van der Waals surface area contributed by atoms with E-state index >= 15 is 0 Å². The lowest BCUT2D eigenvalue weighted by Gasteiger charge is -2.18. The van der Waals surface area contributed by atoms with Crippen molar-refractivity contribution in [3.05, 3.63) is 40.8 Å². The van der Waals surface area contributed by atoms with Crippen LogP contribution in [0.5, 0.6) is 0 Å². The maximum absolute atomic E-state index is 12.2. The number of nitrogens with zero attached hydrogens (tertiary/aromatic N) is 2. The first-order valence-corrected chi connectivity index (χ1v) is 7.13. The molecule has 0 aliphatic heterocycles. The van der Waals surface area contributed by atoms with E-state index in [2.05, 4.69) is 31.2 Å². The zero-order valence-corrected chi connectivity index (χ0v) is 12.5. The summed E-state index contributed by atoms with van der Waals surface area (Å²) in [4.78, 5) is 12.2. The average molecular weight is 273 g/mol. The van der Waals surface area contributed by atoms with Crippen LogP contribution in [0.2, 0.25) is 0 Å². The van der Waals surface area contributed by atoms with Crippen molar-refractivity contribution >= 4 is 10.8 Å².